The lowest BCUT2D eigenvalue weighted by atomic mass is 9.92. The summed E-state index contributed by atoms with van der Waals surface area (Å²) in [6, 6.07) is 12.7. The van der Waals surface area contributed by atoms with Crippen LogP contribution < -0.4 is 15.9 Å². The molecule has 1 atom stereocenters. The van der Waals surface area contributed by atoms with Gasteiger partial charge in [-0.05, 0) is 66.6 Å². The number of rotatable bonds is 9. The first-order valence-corrected chi connectivity index (χ1v) is 12.2. The fourth-order valence-electron chi connectivity index (χ4n) is 4.77. The molecule has 1 aliphatic carbocycles. The van der Waals surface area contributed by atoms with Crippen molar-refractivity contribution in [1.82, 2.24) is 10.2 Å². The van der Waals surface area contributed by atoms with Gasteiger partial charge in [-0.15, -0.1) is 5.11 Å². The van der Waals surface area contributed by atoms with Crippen LogP contribution in [0.1, 0.15) is 52.7 Å². The molecule has 1 unspecified atom stereocenters. The summed E-state index contributed by atoms with van der Waals surface area (Å²) in [4.78, 5) is 14.8. The Kier molecular flexibility index (Phi) is 8.43. The molecule has 0 saturated carbocycles. The van der Waals surface area contributed by atoms with Gasteiger partial charge in [-0.2, -0.15) is 0 Å². The zero-order valence-electron chi connectivity index (χ0n) is 20.2. The van der Waals surface area contributed by atoms with Gasteiger partial charge < -0.3 is 15.9 Å². The van der Waals surface area contributed by atoms with E-state index in [2.05, 4.69) is 27.1 Å². The highest BCUT2D eigenvalue weighted by molar-refractivity contribution is 5.96. The van der Waals surface area contributed by atoms with E-state index in [9.17, 15) is 9.18 Å². The predicted octanol–water partition coefficient (Wildman–Crippen LogP) is 5.09. The number of aryl methyl sites for hydroxylation is 1. The average molecular weight is 496 g/mol. The molecule has 0 spiro atoms. The van der Waals surface area contributed by atoms with Gasteiger partial charge in [0.2, 0.25) is 0 Å². The molecule has 1 amide bonds. The third-order valence-corrected chi connectivity index (χ3v) is 6.47. The predicted molar refractivity (Wildman–Crippen MR) is 135 cm³/mol. The van der Waals surface area contributed by atoms with E-state index in [1.807, 2.05) is 24.3 Å². The number of nitrogens with two attached hydrogens (primary N) is 1. The van der Waals surface area contributed by atoms with Crippen molar-refractivity contribution in [2.45, 2.75) is 38.2 Å². The smallest absolute Gasteiger partial charge is 0.256 e. The maximum absolute atomic E-state index is 15.3. The summed E-state index contributed by atoms with van der Waals surface area (Å²) in [7, 11) is 0. The minimum absolute atomic E-state index is 0.0384. The first-order valence-electron chi connectivity index (χ1n) is 12.2. The SMILES string of the molecule is C=C(/N=N\N)NC(=O)c1ccc2c(c1)CCCC(F)=C2c1ccc(OC2CCN(CCCF)C2)cc1. The molecule has 36 heavy (non-hydrogen) atoms. The second kappa shape index (κ2) is 11.9. The van der Waals surface area contributed by atoms with Gasteiger partial charge in [0, 0.05) is 37.2 Å². The van der Waals surface area contributed by atoms with Gasteiger partial charge >= 0.3 is 0 Å². The Morgan fingerprint density at radius 1 is 1.22 bits per heavy atom. The van der Waals surface area contributed by atoms with Gasteiger partial charge in [-0.3, -0.25) is 14.1 Å². The fourth-order valence-corrected chi connectivity index (χ4v) is 4.77. The largest absolute Gasteiger partial charge is 0.489 e. The van der Waals surface area contributed by atoms with Gasteiger partial charge in [0.15, 0.2) is 0 Å². The van der Waals surface area contributed by atoms with Crippen LogP contribution in [0.2, 0.25) is 0 Å². The number of likely N-dealkylation sites (tertiary alicyclic amines) is 1. The molecule has 1 aliphatic heterocycles. The first kappa shape index (κ1) is 25.5. The van der Waals surface area contributed by atoms with E-state index in [0.29, 0.717) is 36.8 Å². The van der Waals surface area contributed by atoms with Crippen molar-refractivity contribution < 1.29 is 18.3 Å². The molecule has 1 fully saturated rings. The molecular formula is C27H31F2N5O2. The van der Waals surface area contributed by atoms with Gasteiger partial charge in [-0.25, -0.2) is 4.39 Å². The molecule has 0 radical (unpaired) electrons. The number of allylic oxidation sites excluding steroid dienone is 1. The first-order chi connectivity index (χ1) is 17.5. The van der Waals surface area contributed by atoms with Crippen LogP contribution in [0, 0.1) is 0 Å². The van der Waals surface area contributed by atoms with Crippen LogP contribution in [0.4, 0.5) is 8.78 Å². The summed E-state index contributed by atoms with van der Waals surface area (Å²) >= 11 is 0. The summed E-state index contributed by atoms with van der Waals surface area (Å²) in [5.74, 6) is 5.20. The van der Waals surface area contributed by atoms with E-state index in [1.165, 1.54) is 0 Å². The fraction of sp³-hybridized carbons (Fsp3) is 0.370. The summed E-state index contributed by atoms with van der Waals surface area (Å²) < 4.78 is 33.8. The van der Waals surface area contributed by atoms with Gasteiger partial charge in [0.1, 0.15) is 23.5 Å². The van der Waals surface area contributed by atoms with E-state index in [0.717, 1.165) is 48.5 Å². The van der Waals surface area contributed by atoms with Crippen LogP contribution in [0.25, 0.3) is 5.57 Å². The number of ether oxygens (including phenoxy) is 1. The number of amides is 1. The topological polar surface area (TPSA) is 92.3 Å². The lowest BCUT2D eigenvalue weighted by Gasteiger charge is -2.17. The zero-order valence-corrected chi connectivity index (χ0v) is 20.2. The Balaban J connectivity index is 1.50. The van der Waals surface area contributed by atoms with E-state index >= 15 is 4.39 Å². The number of hydrogen-bond donors (Lipinski definition) is 2. The second-order valence-electron chi connectivity index (χ2n) is 9.02. The van der Waals surface area contributed by atoms with Gasteiger partial charge in [-0.1, -0.05) is 30.0 Å². The molecule has 0 aromatic heterocycles. The number of nitrogens with one attached hydrogen (secondary N) is 1. The Hall–Kier alpha value is -3.59. The van der Waals surface area contributed by atoms with Crippen molar-refractivity contribution in [2.24, 2.45) is 16.2 Å². The highest BCUT2D eigenvalue weighted by Crippen LogP contribution is 2.37. The second-order valence-corrected chi connectivity index (χ2v) is 9.02. The minimum Gasteiger partial charge on any atom is -0.489 e. The number of alkyl halides is 1. The van der Waals surface area contributed by atoms with E-state index in [-0.39, 0.29) is 30.3 Å². The standard InChI is InChI=1S/C27H31F2N5O2/c1-18(32-33-30)31-27(35)21-8-11-24-20(16-21)4-2-5-25(29)26(24)19-6-9-22(10-7-19)36-23-12-15-34(17-23)14-3-13-28/h6-11,16,23H,1-5,12-15,17H2,(H2,30,32)(H,31,35). The lowest BCUT2D eigenvalue weighted by Crippen LogP contribution is -2.26. The highest BCUT2D eigenvalue weighted by atomic mass is 19.1. The Morgan fingerprint density at radius 2 is 2.03 bits per heavy atom. The summed E-state index contributed by atoms with van der Waals surface area (Å²) in [5, 5.41) is 9.13. The Labute approximate surface area is 209 Å². The molecule has 190 valence electrons. The number of carbonyl (C=O) groups excluding carboxylic acids is 1. The Morgan fingerprint density at radius 3 is 2.78 bits per heavy atom. The number of carbonyl (C=O) groups is 1. The lowest BCUT2D eigenvalue weighted by molar-refractivity contribution is 0.0965. The molecule has 9 heteroatoms. The molecule has 2 aromatic carbocycles. The van der Waals surface area contributed by atoms with Gasteiger partial charge in [0.05, 0.1) is 6.67 Å². The van der Waals surface area contributed by atoms with E-state index in [4.69, 9.17) is 10.6 Å². The van der Waals surface area contributed by atoms with Crippen LogP contribution in [-0.2, 0) is 6.42 Å². The number of nitrogens with zero attached hydrogens (tertiary/aromatic N) is 3. The van der Waals surface area contributed by atoms with Crippen LogP contribution in [-0.4, -0.2) is 43.2 Å². The molecule has 2 aliphatic rings. The maximum atomic E-state index is 15.3. The minimum atomic E-state index is -0.387. The quantitative estimate of drug-likeness (QED) is 0.288. The molecule has 1 heterocycles. The van der Waals surface area contributed by atoms with Crippen molar-refractivity contribution in [3.63, 3.8) is 0 Å². The van der Waals surface area contributed by atoms with Crippen molar-refractivity contribution in [1.29, 1.82) is 0 Å². The summed E-state index contributed by atoms with van der Waals surface area (Å²) in [5.41, 5.74) is 3.39. The number of fused-ring (bicyclic) bond motifs is 1. The average Bonchev–Trinajstić information content (AvgIpc) is 3.24. The molecule has 3 N–H and O–H groups in total. The number of hydrogen-bond acceptors (Lipinski definition) is 5. The molecule has 2 aromatic rings. The van der Waals surface area contributed by atoms with Crippen molar-refractivity contribution in [2.75, 3.05) is 26.3 Å². The normalized spacial score (nSPS) is 18.2. The molecule has 1 saturated heterocycles. The van der Waals surface area contributed by atoms with Crippen LogP contribution in [0.3, 0.4) is 0 Å². The highest BCUT2D eigenvalue weighted by Gasteiger charge is 2.24. The monoisotopic (exact) mass is 495 g/mol. The van der Waals surface area contributed by atoms with Crippen LogP contribution in [0.15, 0.2) is 71.0 Å². The van der Waals surface area contributed by atoms with Crippen LogP contribution >= 0.6 is 0 Å². The zero-order chi connectivity index (χ0) is 25.5. The van der Waals surface area contributed by atoms with E-state index in [1.54, 1.807) is 18.2 Å². The summed E-state index contributed by atoms with van der Waals surface area (Å²) in [6.07, 6.45) is 3.14. The van der Waals surface area contributed by atoms with Crippen molar-refractivity contribution in [3.05, 3.63) is 82.9 Å². The maximum Gasteiger partial charge on any atom is 0.256 e. The van der Waals surface area contributed by atoms with Gasteiger partial charge in [0.25, 0.3) is 5.91 Å². The van der Waals surface area contributed by atoms with Crippen molar-refractivity contribution >= 4 is 11.5 Å². The summed E-state index contributed by atoms with van der Waals surface area (Å²) in [6.45, 7) is 5.71. The third kappa shape index (κ3) is 6.15. The molecule has 4 rings (SSSR count). The Bertz CT molecular complexity index is 1160. The van der Waals surface area contributed by atoms with E-state index < -0.39 is 0 Å². The molecule has 0 bridgehead atoms. The number of halogens is 2. The van der Waals surface area contributed by atoms with Crippen LogP contribution in [0.5, 0.6) is 5.75 Å². The molecule has 7 nitrogen and oxygen atoms in total. The van der Waals surface area contributed by atoms with Crippen molar-refractivity contribution in [3.8, 4) is 5.75 Å². The number of benzene rings is 2. The molecular weight excluding hydrogens is 464 g/mol. The third-order valence-electron chi connectivity index (χ3n) is 6.47.